The molecular weight excluding hydrogens is 228 g/mol. The lowest BCUT2D eigenvalue weighted by Gasteiger charge is -2.14. The van der Waals surface area contributed by atoms with E-state index in [4.69, 9.17) is 9.84 Å². The molecule has 3 rings (SSSR count). The molecule has 2 saturated carbocycles. The average Bonchev–Trinajstić information content (AvgIpc) is 3.22. The molecule has 0 aromatic heterocycles. The number of carboxylic acid groups (broad SMARTS) is 1. The van der Waals surface area contributed by atoms with Crippen molar-refractivity contribution < 1.29 is 14.6 Å². The van der Waals surface area contributed by atoms with Crippen LogP contribution in [0.1, 0.15) is 37.7 Å². The van der Waals surface area contributed by atoms with Gasteiger partial charge >= 0.3 is 5.97 Å². The zero-order valence-electron chi connectivity index (χ0n) is 10.4. The lowest BCUT2D eigenvalue weighted by atomic mass is 9.92. The zero-order valence-corrected chi connectivity index (χ0v) is 10.4. The zero-order chi connectivity index (χ0) is 12.6. The minimum absolute atomic E-state index is 0.120. The van der Waals surface area contributed by atoms with Crippen molar-refractivity contribution in [1.29, 1.82) is 0 Å². The third-order valence-electron chi connectivity index (χ3n) is 3.97. The van der Waals surface area contributed by atoms with Gasteiger partial charge in [0, 0.05) is 5.41 Å². The summed E-state index contributed by atoms with van der Waals surface area (Å²) in [5, 5.41) is 8.97. The lowest BCUT2D eigenvalue weighted by Crippen LogP contribution is -2.13. The molecule has 0 unspecified atom stereocenters. The van der Waals surface area contributed by atoms with Crippen molar-refractivity contribution in [2.75, 3.05) is 6.61 Å². The van der Waals surface area contributed by atoms with Crippen molar-refractivity contribution in [2.24, 2.45) is 5.92 Å². The van der Waals surface area contributed by atoms with Crippen LogP contribution in [-0.4, -0.2) is 17.7 Å². The van der Waals surface area contributed by atoms with Crippen molar-refractivity contribution in [1.82, 2.24) is 0 Å². The number of hydrogen-bond acceptors (Lipinski definition) is 2. The van der Waals surface area contributed by atoms with Gasteiger partial charge in [-0.25, -0.2) is 0 Å². The number of ether oxygens (including phenoxy) is 1. The molecule has 2 fully saturated rings. The molecule has 0 heterocycles. The van der Waals surface area contributed by atoms with E-state index in [1.807, 2.05) is 24.3 Å². The highest BCUT2D eigenvalue weighted by atomic mass is 16.5. The van der Waals surface area contributed by atoms with Gasteiger partial charge in [0.05, 0.1) is 13.0 Å². The van der Waals surface area contributed by atoms with Gasteiger partial charge in [0.1, 0.15) is 5.75 Å². The summed E-state index contributed by atoms with van der Waals surface area (Å²) in [5.74, 6) is 0.912. The maximum Gasteiger partial charge on any atom is 0.304 e. The summed E-state index contributed by atoms with van der Waals surface area (Å²) < 4.78 is 5.75. The fraction of sp³-hybridized carbons (Fsp3) is 0.533. The summed E-state index contributed by atoms with van der Waals surface area (Å²) in [6.45, 7) is 0.801. The van der Waals surface area contributed by atoms with Crippen molar-refractivity contribution in [3.05, 3.63) is 29.8 Å². The van der Waals surface area contributed by atoms with Gasteiger partial charge in [-0.15, -0.1) is 0 Å². The van der Waals surface area contributed by atoms with Crippen LogP contribution in [0.3, 0.4) is 0 Å². The molecule has 2 aliphatic carbocycles. The molecule has 0 saturated heterocycles. The highest BCUT2D eigenvalue weighted by Gasteiger charge is 2.46. The van der Waals surface area contributed by atoms with Gasteiger partial charge in [-0.05, 0) is 49.3 Å². The Morgan fingerprint density at radius 2 is 2.17 bits per heavy atom. The van der Waals surface area contributed by atoms with Gasteiger partial charge in [0.25, 0.3) is 0 Å². The Hall–Kier alpha value is -1.51. The van der Waals surface area contributed by atoms with E-state index in [0.717, 1.165) is 36.7 Å². The summed E-state index contributed by atoms with van der Waals surface area (Å²) >= 11 is 0. The fourth-order valence-corrected chi connectivity index (χ4v) is 2.42. The molecule has 1 N–H and O–H groups in total. The first-order valence-electron chi connectivity index (χ1n) is 6.63. The van der Waals surface area contributed by atoms with Gasteiger partial charge in [0.15, 0.2) is 0 Å². The Kier molecular flexibility index (Phi) is 2.77. The maximum atomic E-state index is 10.9. The van der Waals surface area contributed by atoms with Crippen LogP contribution < -0.4 is 4.74 Å². The highest BCUT2D eigenvalue weighted by Crippen LogP contribution is 2.51. The number of carbonyl (C=O) groups is 1. The molecule has 1 aromatic rings. The van der Waals surface area contributed by atoms with E-state index < -0.39 is 5.97 Å². The highest BCUT2D eigenvalue weighted by molar-refractivity contribution is 5.70. The first-order valence-corrected chi connectivity index (χ1v) is 6.63. The van der Waals surface area contributed by atoms with E-state index in [2.05, 4.69) is 0 Å². The summed E-state index contributed by atoms with van der Waals surface area (Å²) in [5.41, 5.74) is 1.00. The standard InChI is InChI=1S/C15H18O3/c16-14(17)9-15(6-7-15)12-2-1-3-13(8-12)18-10-11-4-5-11/h1-3,8,11H,4-7,9-10H2,(H,16,17). The second-order valence-corrected chi connectivity index (χ2v) is 5.63. The smallest absolute Gasteiger partial charge is 0.304 e. The Morgan fingerprint density at radius 1 is 1.39 bits per heavy atom. The SMILES string of the molecule is O=C(O)CC1(c2cccc(OCC3CC3)c2)CC1. The van der Waals surface area contributed by atoms with Gasteiger partial charge in [-0.2, -0.15) is 0 Å². The Morgan fingerprint density at radius 3 is 2.78 bits per heavy atom. The number of hydrogen-bond donors (Lipinski definition) is 1. The van der Waals surface area contributed by atoms with E-state index in [0.29, 0.717) is 0 Å². The predicted octanol–water partition coefficient (Wildman–Crippen LogP) is 2.98. The van der Waals surface area contributed by atoms with Gasteiger partial charge in [-0.1, -0.05) is 12.1 Å². The van der Waals surface area contributed by atoms with Crippen LogP contribution in [0.5, 0.6) is 5.75 Å². The Bertz CT molecular complexity index is 459. The van der Waals surface area contributed by atoms with Gasteiger partial charge in [0.2, 0.25) is 0 Å². The summed E-state index contributed by atoms with van der Waals surface area (Å²) in [6.07, 6.45) is 4.75. The van der Waals surface area contributed by atoms with E-state index in [9.17, 15) is 4.79 Å². The third-order valence-corrected chi connectivity index (χ3v) is 3.97. The van der Waals surface area contributed by atoms with Crippen molar-refractivity contribution >= 4 is 5.97 Å². The molecular formula is C15H18O3. The lowest BCUT2D eigenvalue weighted by molar-refractivity contribution is -0.137. The molecule has 2 aliphatic rings. The molecule has 96 valence electrons. The summed E-state index contributed by atoms with van der Waals surface area (Å²) in [7, 11) is 0. The fourth-order valence-electron chi connectivity index (χ4n) is 2.42. The molecule has 0 aliphatic heterocycles. The minimum Gasteiger partial charge on any atom is -0.493 e. The third kappa shape index (κ3) is 2.50. The molecule has 0 amide bonds. The molecule has 18 heavy (non-hydrogen) atoms. The van der Waals surface area contributed by atoms with Crippen molar-refractivity contribution in [3.8, 4) is 5.75 Å². The van der Waals surface area contributed by atoms with Crippen molar-refractivity contribution in [2.45, 2.75) is 37.5 Å². The minimum atomic E-state index is -0.711. The number of benzene rings is 1. The first kappa shape index (κ1) is 11.6. The van der Waals surface area contributed by atoms with Crippen LogP contribution >= 0.6 is 0 Å². The molecule has 0 bridgehead atoms. The van der Waals surface area contributed by atoms with Crippen LogP contribution in [0.4, 0.5) is 0 Å². The normalized spacial score (nSPS) is 20.4. The van der Waals surface area contributed by atoms with E-state index in [1.165, 1.54) is 12.8 Å². The van der Waals surface area contributed by atoms with Crippen LogP contribution in [0.25, 0.3) is 0 Å². The number of carboxylic acids is 1. The van der Waals surface area contributed by atoms with Gasteiger partial charge < -0.3 is 9.84 Å². The predicted molar refractivity (Wildman–Crippen MR) is 67.8 cm³/mol. The number of aliphatic carboxylic acids is 1. The average molecular weight is 246 g/mol. The summed E-state index contributed by atoms with van der Waals surface area (Å²) in [6, 6.07) is 7.99. The van der Waals surface area contributed by atoms with E-state index >= 15 is 0 Å². The monoisotopic (exact) mass is 246 g/mol. The van der Waals surface area contributed by atoms with E-state index in [-0.39, 0.29) is 11.8 Å². The molecule has 0 spiro atoms. The van der Waals surface area contributed by atoms with Crippen molar-refractivity contribution in [3.63, 3.8) is 0 Å². The second kappa shape index (κ2) is 4.30. The Balaban J connectivity index is 1.71. The molecule has 0 radical (unpaired) electrons. The Labute approximate surface area is 107 Å². The van der Waals surface area contributed by atoms with Crippen LogP contribution in [0.15, 0.2) is 24.3 Å². The number of rotatable bonds is 6. The first-order chi connectivity index (χ1) is 8.68. The summed E-state index contributed by atoms with van der Waals surface area (Å²) in [4.78, 5) is 10.9. The molecule has 1 aromatic carbocycles. The second-order valence-electron chi connectivity index (χ2n) is 5.63. The quantitative estimate of drug-likeness (QED) is 0.839. The topological polar surface area (TPSA) is 46.5 Å². The van der Waals surface area contributed by atoms with Crippen LogP contribution in [0, 0.1) is 5.92 Å². The van der Waals surface area contributed by atoms with E-state index in [1.54, 1.807) is 0 Å². The molecule has 0 atom stereocenters. The van der Waals surface area contributed by atoms with Crippen LogP contribution in [-0.2, 0) is 10.2 Å². The molecule has 3 heteroatoms. The largest absolute Gasteiger partial charge is 0.493 e. The molecule has 3 nitrogen and oxygen atoms in total. The van der Waals surface area contributed by atoms with Crippen LogP contribution in [0.2, 0.25) is 0 Å². The maximum absolute atomic E-state index is 10.9. The van der Waals surface area contributed by atoms with Gasteiger partial charge in [-0.3, -0.25) is 4.79 Å².